The summed E-state index contributed by atoms with van der Waals surface area (Å²) in [5, 5.41) is 2.80. The maximum atomic E-state index is 13.0. The smallest absolute Gasteiger partial charge is 0.411 e. The Kier molecular flexibility index (Phi) is 9.10. The van der Waals surface area contributed by atoms with Gasteiger partial charge in [0, 0.05) is 19.6 Å². The van der Waals surface area contributed by atoms with E-state index < -0.39 is 29.4 Å². The fraction of sp³-hybridized carbons (Fsp3) is 0.625. The quantitative estimate of drug-likeness (QED) is 0.651. The monoisotopic (exact) mass is 463 g/mol. The average Bonchev–Trinajstić information content (AvgIpc) is 2.71. The number of nitrogens with one attached hydrogen (secondary N) is 1. The summed E-state index contributed by atoms with van der Waals surface area (Å²) >= 11 is 0. The first kappa shape index (κ1) is 26.4. The van der Waals surface area contributed by atoms with Crippen LogP contribution < -0.4 is 5.32 Å². The Morgan fingerprint density at radius 1 is 0.939 bits per heavy atom. The molecule has 1 fully saturated rings. The van der Waals surface area contributed by atoms with Crippen molar-refractivity contribution in [1.82, 2.24) is 15.1 Å². The summed E-state index contributed by atoms with van der Waals surface area (Å²) in [5.41, 5.74) is -0.320. The number of ether oxygens (including phenoxy) is 3. The normalized spacial score (nSPS) is 16.8. The summed E-state index contributed by atoms with van der Waals surface area (Å²) in [6.07, 6.45) is -1.11. The van der Waals surface area contributed by atoms with Crippen molar-refractivity contribution in [1.29, 1.82) is 0 Å². The SMILES string of the molecule is CC(C)(C)OC(=O)N1CCN(C(=O)OC(C)(C)C)C(C(=O)NCCOCc2ccccc2)C1. The molecule has 0 bridgehead atoms. The summed E-state index contributed by atoms with van der Waals surface area (Å²) in [4.78, 5) is 41.1. The van der Waals surface area contributed by atoms with E-state index in [0.29, 0.717) is 13.2 Å². The molecular formula is C24H37N3O6. The van der Waals surface area contributed by atoms with Gasteiger partial charge in [-0.1, -0.05) is 30.3 Å². The first-order valence-corrected chi connectivity index (χ1v) is 11.2. The number of carbonyl (C=O) groups is 3. The molecule has 1 aliphatic rings. The van der Waals surface area contributed by atoms with Crippen molar-refractivity contribution < 1.29 is 28.6 Å². The number of nitrogens with zero attached hydrogens (tertiary/aromatic N) is 2. The van der Waals surface area contributed by atoms with E-state index in [2.05, 4.69) is 5.32 Å². The Bertz CT molecular complexity index is 801. The molecule has 0 aromatic heterocycles. The Hall–Kier alpha value is -2.81. The van der Waals surface area contributed by atoms with E-state index >= 15 is 0 Å². The second kappa shape index (κ2) is 11.4. The predicted molar refractivity (Wildman–Crippen MR) is 124 cm³/mol. The minimum Gasteiger partial charge on any atom is -0.444 e. The third-order valence-electron chi connectivity index (χ3n) is 4.62. The molecule has 1 atom stereocenters. The molecule has 1 aromatic rings. The van der Waals surface area contributed by atoms with Gasteiger partial charge in [0.1, 0.15) is 17.2 Å². The summed E-state index contributed by atoms with van der Waals surface area (Å²) in [5.74, 6) is -0.377. The number of hydrogen-bond donors (Lipinski definition) is 1. The van der Waals surface area contributed by atoms with Crippen molar-refractivity contribution in [2.45, 2.75) is 65.4 Å². The fourth-order valence-corrected chi connectivity index (χ4v) is 3.17. The van der Waals surface area contributed by atoms with Crippen LogP contribution in [0.25, 0.3) is 0 Å². The van der Waals surface area contributed by atoms with Crippen molar-refractivity contribution >= 4 is 18.1 Å². The Balaban J connectivity index is 1.97. The lowest BCUT2D eigenvalue weighted by molar-refractivity contribution is -0.128. The van der Waals surface area contributed by atoms with E-state index in [9.17, 15) is 14.4 Å². The molecule has 0 aliphatic carbocycles. The molecule has 0 spiro atoms. The van der Waals surface area contributed by atoms with Crippen molar-refractivity contribution in [3.05, 3.63) is 35.9 Å². The van der Waals surface area contributed by atoms with E-state index in [0.717, 1.165) is 5.56 Å². The molecule has 2 rings (SSSR count). The summed E-state index contributed by atoms with van der Waals surface area (Å²) in [6, 6.07) is 8.84. The zero-order chi connectivity index (χ0) is 24.6. The molecule has 1 N–H and O–H groups in total. The first-order valence-electron chi connectivity index (χ1n) is 11.2. The lowest BCUT2D eigenvalue weighted by Gasteiger charge is -2.41. The second-order valence-electron chi connectivity index (χ2n) is 9.95. The van der Waals surface area contributed by atoms with Gasteiger partial charge in [-0.25, -0.2) is 9.59 Å². The van der Waals surface area contributed by atoms with Crippen molar-refractivity contribution in [2.75, 3.05) is 32.8 Å². The highest BCUT2D eigenvalue weighted by Crippen LogP contribution is 2.18. The van der Waals surface area contributed by atoms with Gasteiger partial charge < -0.3 is 24.4 Å². The van der Waals surface area contributed by atoms with Gasteiger partial charge in [0.25, 0.3) is 0 Å². The van der Waals surface area contributed by atoms with Crippen LogP contribution in [0.4, 0.5) is 9.59 Å². The number of piperazine rings is 1. The second-order valence-corrected chi connectivity index (χ2v) is 9.95. The average molecular weight is 464 g/mol. The van der Waals surface area contributed by atoms with Crippen molar-refractivity contribution in [3.8, 4) is 0 Å². The number of benzene rings is 1. The molecule has 184 valence electrons. The van der Waals surface area contributed by atoms with Crippen molar-refractivity contribution in [2.24, 2.45) is 0 Å². The Morgan fingerprint density at radius 2 is 1.55 bits per heavy atom. The molecule has 9 heteroatoms. The van der Waals surface area contributed by atoms with Gasteiger partial charge in [-0.05, 0) is 47.1 Å². The van der Waals surface area contributed by atoms with E-state index in [4.69, 9.17) is 14.2 Å². The van der Waals surface area contributed by atoms with Gasteiger partial charge in [-0.3, -0.25) is 9.69 Å². The van der Waals surface area contributed by atoms with E-state index in [-0.39, 0.29) is 32.1 Å². The van der Waals surface area contributed by atoms with Gasteiger partial charge in [0.15, 0.2) is 0 Å². The largest absolute Gasteiger partial charge is 0.444 e. The highest BCUT2D eigenvalue weighted by molar-refractivity contribution is 5.87. The van der Waals surface area contributed by atoms with Crippen molar-refractivity contribution in [3.63, 3.8) is 0 Å². The van der Waals surface area contributed by atoms with Crippen LogP contribution in [0.2, 0.25) is 0 Å². The molecule has 1 heterocycles. The predicted octanol–water partition coefficient (Wildman–Crippen LogP) is 3.18. The fourth-order valence-electron chi connectivity index (χ4n) is 3.17. The van der Waals surface area contributed by atoms with E-state index in [1.54, 1.807) is 41.5 Å². The molecule has 9 nitrogen and oxygen atoms in total. The van der Waals surface area contributed by atoms with Crippen LogP contribution in [0.1, 0.15) is 47.1 Å². The van der Waals surface area contributed by atoms with E-state index in [1.807, 2.05) is 30.3 Å². The summed E-state index contributed by atoms with van der Waals surface area (Å²) < 4.78 is 16.5. The topological polar surface area (TPSA) is 97.4 Å². The van der Waals surface area contributed by atoms with Crippen LogP contribution >= 0.6 is 0 Å². The molecule has 3 amide bonds. The van der Waals surface area contributed by atoms with Gasteiger partial charge >= 0.3 is 12.2 Å². The third-order valence-corrected chi connectivity index (χ3v) is 4.62. The molecule has 1 aliphatic heterocycles. The van der Waals surface area contributed by atoms with Crippen LogP contribution in [0.3, 0.4) is 0 Å². The van der Waals surface area contributed by atoms with Crippen LogP contribution in [0.5, 0.6) is 0 Å². The van der Waals surface area contributed by atoms with Gasteiger partial charge in [-0.15, -0.1) is 0 Å². The number of amides is 3. The van der Waals surface area contributed by atoms with Crippen LogP contribution in [-0.2, 0) is 25.6 Å². The zero-order valence-corrected chi connectivity index (χ0v) is 20.6. The Labute approximate surface area is 196 Å². The van der Waals surface area contributed by atoms with Gasteiger partial charge in [0.2, 0.25) is 5.91 Å². The molecule has 1 unspecified atom stereocenters. The summed E-state index contributed by atoms with van der Waals surface area (Å²) in [6.45, 7) is 12.1. The maximum Gasteiger partial charge on any atom is 0.411 e. The molecule has 0 radical (unpaired) electrons. The molecule has 0 saturated carbocycles. The number of rotatable bonds is 6. The molecule has 33 heavy (non-hydrogen) atoms. The number of hydrogen-bond acceptors (Lipinski definition) is 6. The Morgan fingerprint density at radius 3 is 2.15 bits per heavy atom. The standard InChI is InChI=1S/C24H37N3O6/c1-23(2,3)32-21(29)26-13-14-27(22(30)33-24(4,5)6)19(16-26)20(28)25-12-15-31-17-18-10-8-7-9-11-18/h7-11,19H,12-17H2,1-6H3,(H,25,28). The minimum absolute atomic E-state index is 0.0187. The minimum atomic E-state index is -0.893. The molecule has 1 saturated heterocycles. The van der Waals surface area contributed by atoms with Gasteiger partial charge in [0.05, 0.1) is 19.8 Å². The van der Waals surface area contributed by atoms with Crippen LogP contribution in [0, 0.1) is 0 Å². The first-order chi connectivity index (χ1) is 15.4. The van der Waals surface area contributed by atoms with Crippen LogP contribution in [0.15, 0.2) is 30.3 Å². The van der Waals surface area contributed by atoms with Gasteiger partial charge in [-0.2, -0.15) is 0 Å². The third kappa shape index (κ3) is 9.29. The lowest BCUT2D eigenvalue weighted by Crippen LogP contribution is -2.62. The highest BCUT2D eigenvalue weighted by atomic mass is 16.6. The molecular weight excluding hydrogens is 426 g/mol. The zero-order valence-electron chi connectivity index (χ0n) is 20.6. The molecule has 1 aromatic carbocycles. The van der Waals surface area contributed by atoms with Crippen LogP contribution in [-0.4, -0.2) is 77.9 Å². The lowest BCUT2D eigenvalue weighted by atomic mass is 10.1. The number of carbonyl (C=O) groups excluding carboxylic acids is 3. The maximum absolute atomic E-state index is 13.0. The van der Waals surface area contributed by atoms with E-state index in [1.165, 1.54) is 9.80 Å². The summed E-state index contributed by atoms with van der Waals surface area (Å²) in [7, 11) is 0. The highest BCUT2D eigenvalue weighted by Gasteiger charge is 2.39.